The summed E-state index contributed by atoms with van der Waals surface area (Å²) in [6, 6.07) is 3.53. The number of likely N-dealkylation sites (tertiary alicyclic amines) is 1. The van der Waals surface area contributed by atoms with Gasteiger partial charge in [-0.1, -0.05) is 0 Å². The highest BCUT2D eigenvalue weighted by molar-refractivity contribution is 6.04. The molecular weight excluding hydrogens is 292 g/mol. The van der Waals surface area contributed by atoms with Crippen LogP contribution in [0.15, 0.2) is 17.7 Å². The van der Waals surface area contributed by atoms with E-state index in [4.69, 9.17) is 11.0 Å². The summed E-state index contributed by atoms with van der Waals surface area (Å²) in [5.41, 5.74) is 4.23. The van der Waals surface area contributed by atoms with Gasteiger partial charge in [-0.05, 0) is 12.5 Å². The fourth-order valence-corrected chi connectivity index (χ4v) is 1.94. The zero-order valence-corrected chi connectivity index (χ0v) is 11.3. The van der Waals surface area contributed by atoms with E-state index in [-0.39, 0.29) is 16.8 Å². The van der Waals surface area contributed by atoms with Crippen molar-refractivity contribution < 1.29 is 19.9 Å². The second-order valence-electron chi connectivity index (χ2n) is 4.67. The molecule has 0 aromatic heterocycles. The number of phenolic OH excluding ortho intramolecular Hbond substituents is 2. The molecule has 1 aliphatic heterocycles. The maximum Gasteiger partial charge on any atom is 0.315 e. The quantitative estimate of drug-likeness (QED) is 0.240. The molecule has 0 bridgehead atoms. The normalized spacial score (nSPS) is 14.6. The highest BCUT2D eigenvalue weighted by atomic mass is 16.6. The van der Waals surface area contributed by atoms with E-state index in [1.807, 2.05) is 0 Å². The summed E-state index contributed by atoms with van der Waals surface area (Å²) in [6.07, 6.45) is 0.829. The number of hydrogen-bond acceptors (Lipinski definition) is 7. The lowest BCUT2D eigenvalue weighted by Crippen LogP contribution is -2.43. The molecular formula is C13H12N4O5. The standard InChI is InChI=1S/C13H12N4O5/c14-6-8(13(20)16-2-1-3-16)11(15)7-4-9(17(21)22)12(19)10(18)5-7/h4-5,18-19H,1-3,15H2/b11-8-. The first-order valence-electron chi connectivity index (χ1n) is 6.26. The molecule has 1 saturated heterocycles. The second-order valence-corrected chi connectivity index (χ2v) is 4.67. The van der Waals surface area contributed by atoms with Crippen LogP contribution in [0.5, 0.6) is 11.5 Å². The SMILES string of the molecule is N#C/C(C(=O)N1CCC1)=C(/N)c1cc(O)c(O)c([N+](=O)[O-])c1. The third-order valence-corrected chi connectivity index (χ3v) is 3.32. The number of nitro groups is 1. The van der Waals surface area contributed by atoms with Gasteiger partial charge in [0.25, 0.3) is 5.91 Å². The number of carbonyl (C=O) groups excluding carboxylic acids is 1. The minimum Gasteiger partial charge on any atom is -0.504 e. The van der Waals surface area contributed by atoms with Crippen LogP contribution in [0.3, 0.4) is 0 Å². The number of carbonyl (C=O) groups is 1. The van der Waals surface area contributed by atoms with Gasteiger partial charge in [-0.25, -0.2) is 0 Å². The molecule has 1 heterocycles. The molecule has 22 heavy (non-hydrogen) atoms. The van der Waals surface area contributed by atoms with Crippen molar-refractivity contribution in [1.82, 2.24) is 4.90 Å². The summed E-state index contributed by atoms with van der Waals surface area (Å²) in [4.78, 5) is 23.4. The van der Waals surface area contributed by atoms with Crippen molar-refractivity contribution in [1.29, 1.82) is 5.26 Å². The van der Waals surface area contributed by atoms with Gasteiger partial charge in [0.05, 0.1) is 10.6 Å². The van der Waals surface area contributed by atoms with E-state index in [2.05, 4.69) is 0 Å². The number of aromatic hydroxyl groups is 2. The van der Waals surface area contributed by atoms with Gasteiger partial charge in [0.15, 0.2) is 5.75 Å². The van der Waals surface area contributed by atoms with Gasteiger partial charge in [0.2, 0.25) is 5.75 Å². The molecule has 1 aromatic carbocycles. The molecule has 114 valence electrons. The van der Waals surface area contributed by atoms with Gasteiger partial charge >= 0.3 is 5.69 Å². The van der Waals surface area contributed by atoms with Crippen LogP contribution in [-0.4, -0.2) is 39.0 Å². The van der Waals surface area contributed by atoms with Crippen molar-refractivity contribution in [3.63, 3.8) is 0 Å². The Hall–Kier alpha value is -3.28. The zero-order chi connectivity index (χ0) is 16.4. The van der Waals surface area contributed by atoms with Crippen molar-refractivity contribution in [2.45, 2.75) is 6.42 Å². The molecule has 0 atom stereocenters. The lowest BCUT2D eigenvalue weighted by Gasteiger charge is -2.30. The number of nitrogens with two attached hydrogens (primary N) is 1. The summed E-state index contributed by atoms with van der Waals surface area (Å²) >= 11 is 0. The van der Waals surface area contributed by atoms with Gasteiger partial charge < -0.3 is 20.8 Å². The Morgan fingerprint density at radius 2 is 2.05 bits per heavy atom. The first kappa shape index (κ1) is 15.1. The van der Waals surface area contributed by atoms with Crippen LogP contribution in [0.1, 0.15) is 12.0 Å². The van der Waals surface area contributed by atoms with Crippen molar-refractivity contribution in [3.05, 3.63) is 33.4 Å². The van der Waals surface area contributed by atoms with E-state index < -0.39 is 28.0 Å². The molecule has 2 rings (SSSR count). The Balaban J connectivity index is 2.53. The Labute approximate surface area is 124 Å². The molecule has 9 heteroatoms. The number of rotatable bonds is 3. The van der Waals surface area contributed by atoms with Crippen LogP contribution in [0, 0.1) is 21.4 Å². The van der Waals surface area contributed by atoms with Gasteiger partial charge in [-0.2, -0.15) is 5.26 Å². The maximum absolute atomic E-state index is 12.1. The maximum atomic E-state index is 12.1. The summed E-state index contributed by atoms with van der Waals surface area (Å²) in [5.74, 6) is -2.24. The fraction of sp³-hybridized carbons (Fsp3) is 0.231. The van der Waals surface area contributed by atoms with Crippen LogP contribution in [0.25, 0.3) is 5.70 Å². The van der Waals surface area contributed by atoms with E-state index >= 15 is 0 Å². The first-order valence-corrected chi connectivity index (χ1v) is 6.26. The number of nitrogens with zero attached hydrogens (tertiary/aromatic N) is 3. The molecule has 0 unspecified atom stereocenters. The zero-order valence-electron chi connectivity index (χ0n) is 11.3. The average molecular weight is 304 g/mol. The predicted molar refractivity (Wildman–Crippen MR) is 74.3 cm³/mol. The van der Waals surface area contributed by atoms with E-state index in [0.717, 1.165) is 18.6 Å². The van der Waals surface area contributed by atoms with Crippen molar-refractivity contribution in [2.24, 2.45) is 5.73 Å². The summed E-state index contributed by atoms with van der Waals surface area (Å²) < 4.78 is 0. The third-order valence-electron chi connectivity index (χ3n) is 3.32. The highest BCUT2D eigenvalue weighted by Crippen LogP contribution is 2.37. The van der Waals surface area contributed by atoms with E-state index in [0.29, 0.717) is 13.1 Å². The first-order chi connectivity index (χ1) is 10.4. The molecule has 4 N–H and O–H groups in total. The fourth-order valence-electron chi connectivity index (χ4n) is 1.94. The van der Waals surface area contributed by atoms with Crippen LogP contribution in [-0.2, 0) is 4.79 Å². The van der Waals surface area contributed by atoms with Crippen LogP contribution in [0.4, 0.5) is 5.69 Å². The molecule has 0 aliphatic carbocycles. The van der Waals surface area contributed by atoms with Crippen LogP contribution < -0.4 is 5.73 Å². The van der Waals surface area contributed by atoms with E-state index in [9.17, 15) is 25.1 Å². The number of hydrogen-bond donors (Lipinski definition) is 3. The van der Waals surface area contributed by atoms with Crippen LogP contribution >= 0.6 is 0 Å². The molecule has 1 fully saturated rings. The molecule has 1 amide bonds. The van der Waals surface area contributed by atoms with E-state index in [1.54, 1.807) is 6.07 Å². The molecule has 0 spiro atoms. The van der Waals surface area contributed by atoms with Crippen molar-refractivity contribution in [3.8, 4) is 17.6 Å². The summed E-state index contributed by atoms with van der Waals surface area (Å²) in [7, 11) is 0. The lowest BCUT2D eigenvalue weighted by molar-refractivity contribution is -0.386. The topological polar surface area (TPSA) is 154 Å². The molecule has 0 radical (unpaired) electrons. The van der Waals surface area contributed by atoms with Gasteiger partial charge in [-0.3, -0.25) is 14.9 Å². The van der Waals surface area contributed by atoms with Gasteiger partial charge in [0.1, 0.15) is 11.6 Å². The predicted octanol–water partition coefficient (Wildman–Crippen LogP) is 0.432. The largest absolute Gasteiger partial charge is 0.504 e. The number of phenols is 2. The monoisotopic (exact) mass is 304 g/mol. The minimum absolute atomic E-state index is 0.0903. The lowest BCUT2D eigenvalue weighted by atomic mass is 10.0. The number of benzene rings is 1. The number of nitriles is 1. The Kier molecular flexibility index (Phi) is 3.85. The summed E-state index contributed by atoms with van der Waals surface area (Å²) in [6.45, 7) is 1.02. The van der Waals surface area contributed by atoms with Crippen molar-refractivity contribution in [2.75, 3.05) is 13.1 Å². The Morgan fingerprint density at radius 1 is 1.41 bits per heavy atom. The molecule has 1 aliphatic rings. The van der Waals surface area contributed by atoms with Crippen LogP contribution in [0.2, 0.25) is 0 Å². The Morgan fingerprint density at radius 3 is 2.50 bits per heavy atom. The number of nitro benzene ring substituents is 1. The average Bonchev–Trinajstić information content (AvgIpc) is 2.39. The molecule has 0 saturated carbocycles. The van der Waals surface area contributed by atoms with Gasteiger partial charge in [0, 0.05) is 24.7 Å². The third kappa shape index (κ3) is 2.49. The van der Waals surface area contributed by atoms with E-state index in [1.165, 1.54) is 4.90 Å². The van der Waals surface area contributed by atoms with Crippen molar-refractivity contribution >= 4 is 17.3 Å². The molecule has 1 aromatic rings. The van der Waals surface area contributed by atoms with Gasteiger partial charge in [-0.15, -0.1) is 0 Å². The second kappa shape index (κ2) is 5.61. The smallest absolute Gasteiger partial charge is 0.315 e. The summed E-state index contributed by atoms with van der Waals surface area (Å²) in [5, 5.41) is 38.9. The number of amides is 1. The highest BCUT2D eigenvalue weighted by Gasteiger charge is 2.27. The minimum atomic E-state index is -0.908. The molecule has 9 nitrogen and oxygen atoms in total. The Bertz CT molecular complexity index is 731.